The summed E-state index contributed by atoms with van der Waals surface area (Å²) in [7, 11) is 3.80. The molecule has 5 heteroatoms. The standard InChI is InChI=1S/C15H22N2O3/c1-10(2)13(9-14(18)19)16-15(20)11-6-5-7-12(8-11)17(3)4/h5-8,10,13H,9H2,1-4H3,(H,16,20)(H,18,19). The number of carboxylic acids is 1. The van der Waals surface area contributed by atoms with Gasteiger partial charge in [0.15, 0.2) is 0 Å². The summed E-state index contributed by atoms with van der Waals surface area (Å²) >= 11 is 0. The fourth-order valence-corrected chi connectivity index (χ4v) is 1.82. The number of hydrogen-bond donors (Lipinski definition) is 2. The van der Waals surface area contributed by atoms with Crippen LogP contribution < -0.4 is 10.2 Å². The van der Waals surface area contributed by atoms with Crippen LogP contribution in [0.1, 0.15) is 30.6 Å². The highest BCUT2D eigenvalue weighted by atomic mass is 16.4. The summed E-state index contributed by atoms with van der Waals surface area (Å²) < 4.78 is 0. The summed E-state index contributed by atoms with van der Waals surface area (Å²) in [5, 5.41) is 11.7. The SMILES string of the molecule is CC(C)C(CC(=O)O)NC(=O)c1cccc(N(C)C)c1. The van der Waals surface area contributed by atoms with Gasteiger partial charge in [0.2, 0.25) is 0 Å². The van der Waals surface area contributed by atoms with E-state index in [1.165, 1.54) is 0 Å². The maximum atomic E-state index is 12.2. The molecule has 0 fully saturated rings. The molecule has 20 heavy (non-hydrogen) atoms. The molecule has 5 nitrogen and oxygen atoms in total. The molecule has 1 unspecified atom stereocenters. The second-order valence-corrected chi connectivity index (χ2v) is 5.37. The summed E-state index contributed by atoms with van der Waals surface area (Å²) in [4.78, 5) is 24.9. The molecule has 0 aliphatic carbocycles. The number of benzene rings is 1. The van der Waals surface area contributed by atoms with Crippen molar-refractivity contribution in [1.82, 2.24) is 5.32 Å². The van der Waals surface area contributed by atoms with Crippen molar-refractivity contribution in [2.75, 3.05) is 19.0 Å². The van der Waals surface area contributed by atoms with Gasteiger partial charge >= 0.3 is 5.97 Å². The van der Waals surface area contributed by atoms with Crippen LogP contribution in [-0.4, -0.2) is 37.1 Å². The van der Waals surface area contributed by atoms with E-state index >= 15 is 0 Å². The molecule has 0 aliphatic rings. The molecule has 0 saturated heterocycles. The number of aliphatic carboxylic acids is 1. The van der Waals surface area contributed by atoms with Gasteiger partial charge in [0.1, 0.15) is 0 Å². The molecule has 1 atom stereocenters. The molecular weight excluding hydrogens is 256 g/mol. The number of amides is 1. The molecule has 0 heterocycles. The number of rotatable bonds is 6. The highest BCUT2D eigenvalue weighted by molar-refractivity contribution is 5.95. The molecule has 0 radical (unpaired) electrons. The summed E-state index contributed by atoms with van der Waals surface area (Å²) in [6.07, 6.45) is -0.0726. The zero-order valence-electron chi connectivity index (χ0n) is 12.4. The first kappa shape index (κ1) is 16.0. The molecule has 0 spiro atoms. The number of nitrogens with zero attached hydrogens (tertiary/aromatic N) is 1. The minimum Gasteiger partial charge on any atom is -0.481 e. The van der Waals surface area contributed by atoms with E-state index in [0.717, 1.165) is 5.69 Å². The quantitative estimate of drug-likeness (QED) is 0.835. The second kappa shape index (κ2) is 6.93. The Balaban J connectivity index is 2.83. The lowest BCUT2D eigenvalue weighted by molar-refractivity contribution is -0.137. The van der Waals surface area contributed by atoms with Crippen LogP contribution in [-0.2, 0) is 4.79 Å². The third-order valence-electron chi connectivity index (χ3n) is 3.14. The first-order valence-corrected chi connectivity index (χ1v) is 6.61. The van der Waals surface area contributed by atoms with E-state index in [2.05, 4.69) is 5.32 Å². The van der Waals surface area contributed by atoms with Gasteiger partial charge in [-0.1, -0.05) is 19.9 Å². The normalized spacial score (nSPS) is 12.1. The van der Waals surface area contributed by atoms with Crippen LogP contribution in [0.4, 0.5) is 5.69 Å². The number of nitrogens with one attached hydrogen (secondary N) is 1. The molecule has 1 aromatic carbocycles. The minimum atomic E-state index is -0.911. The van der Waals surface area contributed by atoms with Crippen LogP contribution in [0.3, 0.4) is 0 Å². The molecule has 2 N–H and O–H groups in total. The topological polar surface area (TPSA) is 69.6 Å². The lowest BCUT2D eigenvalue weighted by Gasteiger charge is -2.21. The Labute approximate surface area is 119 Å². The van der Waals surface area contributed by atoms with E-state index in [4.69, 9.17) is 5.11 Å². The van der Waals surface area contributed by atoms with Crippen LogP contribution >= 0.6 is 0 Å². The largest absolute Gasteiger partial charge is 0.481 e. The van der Waals surface area contributed by atoms with E-state index in [1.807, 2.05) is 45.0 Å². The third-order valence-corrected chi connectivity index (χ3v) is 3.14. The van der Waals surface area contributed by atoms with Crippen LogP contribution in [0, 0.1) is 5.92 Å². The van der Waals surface area contributed by atoms with Crippen molar-refractivity contribution in [3.63, 3.8) is 0 Å². The zero-order chi connectivity index (χ0) is 15.3. The van der Waals surface area contributed by atoms with E-state index in [1.54, 1.807) is 12.1 Å². The van der Waals surface area contributed by atoms with Crippen molar-refractivity contribution in [2.24, 2.45) is 5.92 Å². The Morgan fingerprint density at radius 1 is 1.30 bits per heavy atom. The number of anilines is 1. The van der Waals surface area contributed by atoms with E-state index in [0.29, 0.717) is 5.56 Å². The fraction of sp³-hybridized carbons (Fsp3) is 0.467. The Morgan fingerprint density at radius 3 is 2.45 bits per heavy atom. The van der Waals surface area contributed by atoms with Gasteiger partial charge in [-0.2, -0.15) is 0 Å². The van der Waals surface area contributed by atoms with E-state index in [-0.39, 0.29) is 24.3 Å². The lowest BCUT2D eigenvalue weighted by Crippen LogP contribution is -2.40. The Hall–Kier alpha value is -2.04. The van der Waals surface area contributed by atoms with Gasteiger partial charge in [-0.25, -0.2) is 0 Å². The van der Waals surface area contributed by atoms with Gasteiger partial charge in [-0.15, -0.1) is 0 Å². The van der Waals surface area contributed by atoms with Crippen LogP contribution in [0.15, 0.2) is 24.3 Å². The van der Waals surface area contributed by atoms with Crippen LogP contribution in [0.25, 0.3) is 0 Å². The Morgan fingerprint density at radius 2 is 1.95 bits per heavy atom. The van der Waals surface area contributed by atoms with Gasteiger partial charge in [0, 0.05) is 31.4 Å². The molecule has 110 valence electrons. The zero-order valence-corrected chi connectivity index (χ0v) is 12.4. The second-order valence-electron chi connectivity index (χ2n) is 5.37. The predicted molar refractivity (Wildman–Crippen MR) is 79.1 cm³/mol. The fourth-order valence-electron chi connectivity index (χ4n) is 1.82. The Bertz CT molecular complexity index is 484. The number of carbonyl (C=O) groups is 2. The molecule has 1 rings (SSSR count). The maximum absolute atomic E-state index is 12.2. The van der Waals surface area contributed by atoms with Crippen molar-refractivity contribution in [2.45, 2.75) is 26.3 Å². The van der Waals surface area contributed by atoms with Gasteiger partial charge in [-0.3, -0.25) is 9.59 Å². The molecule has 0 bridgehead atoms. The molecule has 1 aromatic rings. The van der Waals surface area contributed by atoms with E-state index in [9.17, 15) is 9.59 Å². The summed E-state index contributed by atoms with van der Waals surface area (Å²) in [5.41, 5.74) is 1.46. The smallest absolute Gasteiger partial charge is 0.305 e. The van der Waals surface area contributed by atoms with Crippen LogP contribution in [0.5, 0.6) is 0 Å². The van der Waals surface area contributed by atoms with Crippen molar-refractivity contribution in [1.29, 1.82) is 0 Å². The summed E-state index contributed by atoms with van der Waals surface area (Å²) in [6.45, 7) is 3.79. The van der Waals surface area contributed by atoms with Crippen molar-refractivity contribution in [3.05, 3.63) is 29.8 Å². The molecular formula is C15H22N2O3. The first-order valence-electron chi connectivity index (χ1n) is 6.61. The van der Waals surface area contributed by atoms with Gasteiger partial charge in [-0.05, 0) is 24.1 Å². The number of carboxylic acid groups (broad SMARTS) is 1. The first-order chi connectivity index (χ1) is 9.31. The maximum Gasteiger partial charge on any atom is 0.305 e. The predicted octanol–water partition coefficient (Wildman–Crippen LogP) is 1.98. The average Bonchev–Trinajstić information content (AvgIpc) is 2.37. The molecule has 0 aromatic heterocycles. The minimum absolute atomic E-state index is 0.0621. The van der Waals surface area contributed by atoms with Crippen molar-refractivity contribution >= 4 is 17.6 Å². The molecule has 0 aliphatic heterocycles. The van der Waals surface area contributed by atoms with Gasteiger partial charge in [0.25, 0.3) is 5.91 Å². The monoisotopic (exact) mass is 278 g/mol. The number of carbonyl (C=O) groups excluding carboxylic acids is 1. The van der Waals surface area contributed by atoms with Gasteiger partial charge < -0.3 is 15.3 Å². The number of hydrogen-bond acceptors (Lipinski definition) is 3. The summed E-state index contributed by atoms with van der Waals surface area (Å²) in [5.74, 6) is -1.09. The van der Waals surface area contributed by atoms with Crippen molar-refractivity contribution in [3.8, 4) is 0 Å². The molecule has 0 saturated carbocycles. The van der Waals surface area contributed by atoms with E-state index < -0.39 is 5.97 Å². The average molecular weight is 278 g/mol. The van der Waals surface area contributed by atoms with Crippen LogP contribution in [0.2, 0.25) is 0 Å². The lowest BCUT2D eigenvalue weighted by atomic mass is 10.0. The highest BCUT2D eigenvalue weighted by Crippen LogP contribution is 2.14. The third kappa shape index (κ3) is 4.57. The highest BCUT2D eigenvalue weighted by Gasteiger charge is 2.20. The van der Waals surface area contributed by atoms with Crippen molar-refractivity contribution < 1.29 is 14.7 Å². The molecule has 1 amide bonds. The summed E-state index contributed by atoms with van der Waals surface area (Å²) in [6, 6.07) is 6.86. The van der Waals surface area contributed by atoms with Gasteiger partial charge in [0.05, 0.1) is 6.42 Å². The Kier molecular flexibility index (Phi) is 5.55.